The first-order chi connectivity index (χ1) is 13.4. The van der Waals surface area contributed by atoms with Crippen LogP contribution in [0.2, 0.25) is 5.02 Å². The predicted molar refractivity (Wildman–Crippen MR) is 106 cm³/mol. The molecule has 1 heterocycles. The Morgan fingerprint density at radius 2 is 2.04 bits per heavy atom. The van der Waals surface area contributed by atoms with Crippen molar-refractivity contribution in [2.75, 3.05) is 4.72 Å². The van der Waals surface area contributed by atoms with Gasteiger partial charge >= 0.3 is 0 Å². The summed E-state index contributed by atoms with van der Waals surface area (Å²) in [6.45, 7) is 0. The van der Waals surface area contributed by atoms with Gasteiger partial charge in [0, 0.05) is 15.4 Å². The number of nitrogens with one attached hydrogen (secondary N) is 1. The number of nitrogens with zero attached hydrogens (tertiary/aromatic N) is 3. The van der Waals surface area contributed by atoms with Crippen LogP contribution in [0.15, 0.2) is 50.3 Å². The Morgan fingerprint density at radius 1 is 1.25 bits per heavy atom. The minimum absolute atomic E-state index is 0.0615. The van der Waals surface area contributed by atoms with Gasteiger partial charge in [-0.05, 0) is 49.2 Å². The molecule has 2 aromatic carbocycles. The van der Waals surface area contributed by atoms with Gasteiger partial charge in [0.25, 0.3) is 15.9 Å². The number of nitriles is 1. The molecular formula is C18H12BrClN4O3S. The lowest BCUT2D eigenvalue weighted by molar-refractivity contribution is 0.423. The molecule has 4 rings (SSSR count). The van der Waals surface area contributed by atoms with Gasteiger partial charge < -0.3 is 4.52 Å². The number of aromatic nitrogens is 2. The molecule has 3 aromatic rings. The molecule has 0 amide bonds. The van der Waals surface area contributed by atoms with Gasteiger partial charge in [0.15, 0.2) is 5.82 Å². The van der Waals surface area contributed by atoms with E-state index >= 15 is 0 Å². The van der Waals surface area contributed by atoms with E-state index < -0.39 is 10.0 Å². The zero-order chi connectivity index (χ0) is 19.9. The number of rotatable bonds is 5. The molecule has 0 saturated heterocycles. The van der Waals surface area contributed by atoms with Crippen LogP contribution in [0, 0.1) is 11.3 Å². The fourth-order valence-electron chi connectivity index (χ4n) is 2.63. The summed E-state index contributed by atoms with van der Waals surface area (Å²) < 4.78 is 34.1. The second-order valence-electron chi connectivity index (χ2n) is 6.31. The van der Waals surface area contributed by atoms with Crippen molar-refractivity contribution in [1.82, 2.24) is 10.1 Å². The van der Waals surface area contributed by atoms with Crippen molar-refractivity contribution in [3.8, 4) is 17.5 Å². The summed E-state index contributed by atoms with van der Waals surface area (Å²) in [4.78, 5) is 4.31. The summed E-state index contributed by atoms with van der Waals surface area (Å²) in [7, 11) is -3.99. The van der Waals surface area contributed by atoms with Crippen LogP contribution in [0.4, 0.5) is 5.69 Å². The van der Waals surface area contributed by atoms with Crippen molar-refractivity contribution >= 4 is 43.2 Å². The Labute approximate surface area is 174 Å². The Bertz CT molecular complexity index is 1220. The van der Waals surface area contributed by atoms with E-state index in [0.717, 1.165) is 12.8 Å². The maximum atomic E-state index is 12.9. The Hall–Kier alpha value is -2.41. The predicted octanol–water partition coefficient (Wildman–Crippen LogP) is 4.70. The zero-order valence-corrected chi connectivity index (χ0v) is 17.3. The van der Waals surface area contributed by atoms with Crippen molar-refractivity contribution < 1.29 is 12.9 Å². The van der Waals surface area contributed by atoms with Crippen LogP contribution in [-0.2, 0) is 10.0 Å². The third-order valence-electron chi connectivity index (χ3n) is 4.15. The maximum Gasteiger partial charge on any atom is 0.261 e. The fraction of sp³-hybridized carbons (Fsp3) is 0.167. The molecule has 1 aliphatic rings. The third-order valence-corrected chi connectivity index (χ3v) is 6.19. The van der Waals surface area contributed by atoms with Crippen LogP contribution in [0.5, 0.6) is 0 Å². The van der Waals surface area contributed by atoms with E-state index in [2.05, 4.69) is 30.8 Å². The van der Waals surface area contributed by atoms with E-state index in [-0.39, 0.29) is 22.0 Å². The molecule has 142 valence electrons. The second-order valence-corrected chi connectivity index (χ2v) is 9.35. The molecular weight excluding hydrogens is 468 g/mol. The highest BCUT2D eigenvalue weighted by atomic mass is 79.9. The molecule has 0 bridgehead atoms. The van der Waals surface area contributed by atoms with Crippen molar-refractivity contribution in [3.05, 3.63) is 57.3 Å². The third kappa shape index (κ3) is 3.90. The van der Waals surface area contributed by atoms with Gasteiger partial charge in [-0.1, -0.05) is 32.7 Å². The van der Waals surface area contributed by atoms with E-state index in [0.29, 0.717) is 26.8 Å². The zero-order valence-electron chi connectivity index (χ0n) is 14.2. The van der Waals surface area contributed by atoms with Gasteiger partial charge in [0.1, 0.15) is 0 Å². The Kier molecular flexibility index (Phi) is 4.87. The lowest BCUT2D eigenvalue weighted by Gasteiger charge is -2.12. The van der Waals surface area contributed by atoms with Crippen molar-refractivity contribution in [1.29, 1.82) is 5.26 Å². The SMILES string of the molecule is N#Cc1cc(Br)cc(S(=O)(=O)Nc2cc(Cl)ccc2-c2nc(C3CC3)no2)c1. The van der Waals surface area contributed by atoms with Crippen LogP contribution in [0.3, 0.4) is 0 Å². The summed E-state index contributed by atoms with van der Waals surface area (Å²) in [5.74, 6) is 1.13. The first kappa shape index (κ1) is 18.9. The van der Waals surface area contributed by atoms with Crippen LogP contribution in [0.1, 0.15) is 30.1 Å². The van der Waals surface area contributed by atoms with Crippen LogP contribution < -0.4 is 4.72 Å². The molecule has 28 heavy (non-hydrogen) atoms. The standard InChI is InChI=1S/C18H12BrClN4O3S/c19-12-5-10(9-21)6-14(7-12)28(25,26)24-16-8-13(20)3-4-15(16)18-22-17(23-27-18)11-1-2-11/h3-8,11,24H,1-2H2. The lowest BCUT2D eigenvalue weighted by atomic mass is 10.2. The normalized spacial score (nSPS) is 13.9. The molecule has 0 aliphatic heterocycles. The van der Waals surface area contributed by atoms with Crippen LogP contribution >= 0.6 is 27.5 Å². The highest BCUT2D eigenvalue weighted by molar-refractivity contribution is 9.10. The average Bonchev–Trinajstić information content (AvgIpc) is 3.39. The molecule has 0 radical (unpaired) electrons. The summed E-state index contributed by atoms with van der Waals surface area (Å²) in [6.07, 6.45) is 2.03. The topological polar surface area (TPSA) is 109 Å². The van der Waals surface area contributed by atoms with Crippen LogP contribution in [0.25, 0.3) is 11.5 Å². The van der Waals surface area contributed by atoms with Crippen molar-refractivity contribution in [3.63, 3.8) is 0 Å². The molecule has 1 aromatic heterocycles. The number of hydrogen-bond acceptors (Lipinski definition) is 6. The summed E-state index contributed by atoms with van der Waals surface area (Å²) in [5, 5.41) is 13.4. The molecule has 1 N–H and O–H groups in total. The number of benzene rings is 2. The van der Waals surface area contributed by atoms with Gasteiger partial charge in [-0.25, -0.2) is 8.42 Å². The molecule has 0 atom stereocenters. The van der Waals surface area contributed by atoms with Gasteiger partial charge in [-0.2, -0.15) is 10.2 Å². The number of sulfonamides is 1. The molecule has 0 spiro atoms. The van der Waals surface area contributed by atoms with Crippen LogP contribution in [-0.4, -0.2) is 18.6 Å². The number of anilines is 1. The summed E-state index contributed by atoms with van der Waals surface area (Å²) in [6, 6.07) is 10.9. The van der Waals surface area contributed by atoms with Crippen molar-refractivity contribution in [2.24, 2.45) is 0 Å². The fourth-order valence-corrected chi connectivity index (χ4v) is 4.58. The number of halogens is 2. The highest BCUT2D eigenvalue weighted by Crippen LogP contribution is 2.40. The van der Waals surface area contributed by atoms with Gasteiger partial charge in [0.2, 0.25) is 0 Å². The Balaban J connectivity index is 1.73. The quantitative estimate of drug-likeness (QED) is 0.568. The van der Waals surface area contributed by atoms with E-state index in [1.807, 2.05) is 6.07 Å². The molecule has 1 saturated carbocycles. The van der Waals surface area contributed by atoms with Gasteiger partial charge in [-0.3, -0.25) is 4.72 Å². The van der Waals surface area contributed by atoms with Gasteiger partial charge in [0.05, 0.1) is 27.8 Å². The largest absolute Gasteiger partial charge is 0.334 e. The second kappa shape index (κ2) is 7.20. The van der Waals surface area contributed by atoms with E-state index in [1.165, 1.54) is 24.3 Å². The molecule has 10 heteroatoms. The monoisotopic (exact) mass is 478 g/mol. The van der Waals surface area contributed by atoms with E-state index in [4.69, 9.17) is 21.4 Å². The first-order valence-corrected chi connectivity index (χ1v) is 10.9. The molecule has 1 aliphatic carbocycles. The van der Waals surface area contributed by atoms with E-state index in [9.17, 15) is 8.42 Å². The molecule has 0 unspecified atom stereocenters. The smallest absolute Gasteiger partial charge is 0.261 e. The molecule has 1 fully saturated rings. The maximum absolute atomic E-state index is 12.9. The van der Waals surface area contributed by atoms with E-state index in [1.54, 1.807) is 12.1 Å². The Morgan fingerprint density at radius 3 is 2.75 bits per heavy atom. The highest BCUT2D eigenvalue weighted by Gasteiger charge is 2.29. The summed E-state index contributed by atoms with van der Waals surface area (Å²) in [5.41, 5.74) is 0.840. The van der Waals surface area contributed by atoms with Crippen molar-refractivity contribution in [2.45, 2.75) is 23.7 Å². The molecule has 7 nitrogen and oxygen atoms in total. The first-order valence-electron chi connectivity index (χ1n) is 8.23. The summed E-state index contributed by atoms with van der Waals surface area (Å²) >= 11 is 9.28. The number of hydrogen-bond donors (Lipinski definition) is 1. The minimum atomic E-state index is -3.99. The van der Waals surface area contributed by atoms with Gasteiger partial charge in [-0.15, -0.1) is 0 Å². The lowest BCUT2D eigenvalue weighted by Crippen LogP contribution is -2.14. The average molecular weight is 480 g/mol. The minimum Gasteiger partial charge on any atom is -0.334 e.